The summed E-state index contributed by atoms with van der Waals surface area (Å²) in [4.78, 5) is 6.80. The van der Waals surface area contributed by atoms with Gasteiger partial charge in [0.25, 0.3) is 0 Å². The van der Waals surface area contributed by atoms with Gasteiger partial charge in [0, 0.05) is 52.4 Å². The van der Waals surface area contributed by atoms with Crippen LogP contribution in [0.4, 0.5) is 0 Å². The van der Waals surface area contributed by atoms with Crippen molar-refractivity contribution in [2.75, 3.05) is 39.9 Å². The van der Waals surface area contributed by atoms with Crippen molar-refractivity contribution in [1.29, 1.82) is 0 Å². The quantitative estimate of drug-likeness (QED) is 0.456. The number of rotatable bonds is 7. The number of nitrogens with one attached hydrogen (secondary N) is 2. The molecule has 2 aromatic heterocycles. The molecular formula is C22H29N7O. The van der Waals surface area contributed by atoms with Crippen molar-refractivity contribution in [3.05, 3.63) is 65.6 Å². The first kappa shape index (κ1) is 20.3. The molecule has 0 amide bonds. The summed E-state index contributed by atoms with van der Waals surface area (Å²) in [5.41, 5.74) is 3.50. The second kappa shape index (κ2) is 10.2. The molecule has 30 heavy (non-hydrogen) atoms. The van der Waals surface area contributed by atoms with E-state index in [1.807, 2.05) is 28.8 Å². The molecule has 4 rings (SSSR count). The summed E-state index contributed by atoms with van der Waals surface area (Å²) >= 11 is 0. The SMILES string of the molecule is CN=C(NCCc1nnc2ccccn12)NCc1ccccc1CN1CCOCC1. The highest BCUT2D eigenvalue weighted by molar-refractivity contribution is 5.79. The molecule has 3 heterocycles. The van der Waals surface area contributed by atoms with Gasteiger partial charge in [-0.05, 0) is 23.3 Å². The van der Waals surface area contributed by atoms with Gasteiger partial charge in [-0.3, -0.25) is 14.3 Å². The van der Waals surface area contributed by atoms with Crippen LogP contribution in [-0.4, -0.2) is 65.4 Å². The van der Waals surface area contributed by atoms with Crippen LogP contribution in [-0.2, 0) is 24.2 Å². The number of benzene rings is 1. The van der Waals surface area contributed by atoms with E-state index >= 15 is 0 Å². The average Bonchev–Trinajstić information content (AvgIpc) is 3.21. The van der Waals surface area contributed by atoms with E-state index in [1.165, 1.54) is 11.1 Å². The maximum atomic E-state index is 5.46. The van der Waals surface area contributed by atoms with E-state index in [0.717, 1.165) is 69.8 Å². The number of guanidine groups is 1. The molecule has 8 nitrogen and oxygen atoms in total. The molecule has 0 unspecified atom stereocenters. The van der Waals surface area contributed by atoms with E-state index in [2.05, 4.69) is 55.0 Å². The van der Waals surface area contributed by atoms with Crippen molar-refractivity contribution < 1.29 is 4.74 Å². The lowest BCUT2D eigenvalue weighted by Gasteiger charge is -2.27. The van der Waals surface area contributed by atoms with E-state index in [1.54, 1.807) is 7.05 Å². The minimum Gasteiger partial charge on any atom is -0.379 e. The molecule has 0 spiro atoms. The van der Waals surface area contributed by atoms with Crippen molar-refractivity contribution in [3.63, 3.8) is 0 Å². The number of aromatic nitrogens is 3. The first-order valence-corrected chi connectivity index (χ1v) is 10.4. The summed E-state index contributed by atoms with van der Waals surface area (Å²) in [5, 5.41) is 15.3. The number of ether oxygens (including phenoxy) is 1. The molecule has 1 aliphatic rings. The van der Waals surface area contributed by atoms with Crippen LogP contribution >= 0.6 is 0 Å². The third-order valence-corrected chi connectivity index (χ3v) is 5.31. The van der Waals surface area contributed by atoms with Crippen molar-refractivity contribution in [2.45, 2.75) is 19.5 Å². The van der Waals surface area contributed by atoms with Gasteiger partial charge in [0.2, 0.25) is 0 Å². The Labute approximate surface area is 177 Å². The third kappa shape index (κ3) is 5.14. The molecule has 3 aromatic rings. The molecule has 0 radical (unpaired) electrons. The van der Waals surface area contributed by atoms with Crippen LogP contribution in [0.25, 0.3) is 5.65 Å². The maximum absolute atomic E-state index is 5.46. The van der Waals surface area contributed by atoms with E-state index in [0.29, 0.717) is 0 Å². The first-order valence-electron chi connectivity index (χ1n) is 10.4. The van der Waals surface area contributed by atoms with Gasteiger partial charge in [0.05, 0.1) is 13.2 Å². The smallest absolute Gasteiger partial charge is 0.191 e. The highest BCUT2D eigenvalue weighted by atomic mass is 16.5. The third-order valence-electron chi connectivity index (χ3n) is 5.31. The van der Waals surface area contributed by atoms with Gasteiger partial charge in [-0.1, -0.05) is 30.3 Å². The minimum absolute atomic E-state index is 0.727. The van der Waals surface area contributed by atoms with E-state index in [-0.39, 0.29) is 0 Å². The first-order chi connectivity index (χ1) is 14.8. The Morgan fingerprint density at radius 3 is 2.67 bits per heavy atom. The van der Waals surface area contributed by atoms with Gasteiger partial charge in [-0.25, -0.2) is 0 Å². The van der Waals surface area contributed by atoms with Crippen LogP contribution in [0.2, 0.25) is 0 Å². The van der Waals surface area contributed by atoms with Gasteiger partial charge in [0.1, 0.15) is 5.82 Å². The van der Waals surface area contributed by atoms with E-state index < -0.39 is 0 Å². The summed E-state index contributed by atoms with van der Waals surface area (Å²) in [6.45, 7) is 6.02. The lowest BCUT2D eigenvalue weighted by Crippen LogP contribution is -2.38. The minimum atomic E-state index is 0.727. The normalized spacial score (nSPS) is 15.4. The Morgan fingerprint density at radius 1 is 1.03 bits per heavy atom. The number of fused-ring (bicyclic) bond motifs is 1. The zero-order valence-corrected chi connectivity index (χ0v) is 17.4. The number of pyridine rings is 1. The van der Waals surface area contributed by atoms with E-state index in [4.69, 9.17) is 4.74 Å². The molecule has 1 saturated heterocycles. The lowest BCUT2D eigenvalue weighted by atomic mass is 10.1. The molecule has 2 N–H and O–H groups in total. The molecule has 0 bridgehead atoms. The molecule has 1 fully saturated rings. The Hall–Kier alpha value is -2.97. The Morgan fingerprint density at radius 2 is 1.83 bits per heavy atom. The second-order valence-corrected chi connectivity index (χ2v) is 7.30. The highest BCUT2D eigenvalue weighted by Gasteiger charge is 2.13. The monoisotopic (exact) mass is 407 g/mol. The second-order valence-electron chi connectivity index (χ2n) is 7.30. The van der Waals surface area contributed by atoms with Crippen molar-refractivity contribution in [1.82, 2.24) is 30.1 Å². The summed E-state index contributed by atoms with van der Waals surface area (Å²) in [6.07, 6.45) is 2.75. The standard InChI is InChI=1S/C22H29N7O/c1-23-22(24-10-9-21-27-26-20-8-4-5-11-29(20)21)25-16-18-6-2-3-7-19(18)17-28-12-14-30-15-13-28/h2-8,11H,9-10,12-17H2,1H3,(H2,23,24,25). The van der Waals surface area contributed by atoms with Crippen LogP contribution in [0.15, 0.2) is 53.7 Å². The fourth-order valence-corrected chi connectivity index (χ4v) is 3.64. The topological polar surface area (TPSA) is 79.1 Å². The van der Waals surface area contributed by atoms with Crippen LogP contribution in [0.3, 0.4) is 0 Å². The fourth-order valence-electron chi connectivity index (χ4n) is 3.64. The largest absolute Gasteiger partial charge is 0.379 e. The fraction of sp³-hybridized carbons (Fsp3) is 0.409. The molecule has 0 aliphatic carbocycles. The Balaban J connectivity index is 1.29. The van der Waals surface area contributed by atoms with Gasteiger partial charge in [0.15, 0.2) is 11.6 Å². The molecule has 158 valence electrons. The molecule has 1 aromatic carbocycles. The number of nitrogens with zero attached hydrogens (tertiary/aromatic N) is 5. The van der Waals surface area contributed by atoms with Gasteiger partial charge < -0.3 is 15.4 Å². The molecule has 8 heteroatoms. The van der Waals surface area contributed by atoms with Crippen LogP contribution in [0, 0.1) is 0 Å². The van der Waals surface area contributed by atoms with Crippen LogP contribution in [0.5, 0.6) is 0 Å². The summed E-state index contributed by atoms with van der Waals surface area (Å²) < 4.78 is 7.47. The van der Waals surface area contributed by atoms with Gasteiger partial charge >= 0.3 is 0 Å². The lowest BCUT2D eigenvalue weighted by molar-refractivity contribution is 0.0341. The van der Waals surface area contributed by atoms with Crippen molar-refractivity contribution in [3.8, 4) is 0 Å². The average molecular weight is 408 g/mol. The molecule has 0 atom stereocenters. The Kier molecular flexibility index (Phi) is 6.89. The van der Waals surface area contributed by atoms with Crippen LogP contribution < -0.4 is 10.6 Å². The summed E-state index contributed by atoms with van der Waals surface area (Å²) in [6, 6.07) is 14.5. The highest BCUT2D eigenvalue weighted by Crippen LogP contribution is 2.13. The van der Waals surface area contributed by atoms with Crippen molar-refractivity contribution in [2.24, 2.45) is 4.99 Å². The molecule has 0 saturated carbocycles. The summed E-state index contributed by atoms with van der Waals surface area (Å²) in [7, 11) is 1.79. The van der Waals surface area contributed by atoms with E-state index in [9.17, 15) is 0 Å². The van der Waals surface area contributed by atoms with Crippen molar-refractivity contribution >= 4 is 11.6 Å². The predicted molar refractivity (Wildman–Crippen MR) is 117 cm³/mol. The zero-order valence-electron chi connectivity index (χ0n) is 17.4. The number of hydrogen-bond donors (Lipinski definition) is 2. The zero-order chi connectivity index (χ0) is 20.6. The number of hydrogen-bond acceptors (Lipinski definition) is 5. The molecular weight excluding hydrogens is 378 g/mol. The predicted octanol–water partition coefficient (Wildman–Crippen LogP) is 1.47. The number of aliphatic imine (C=N–C) groups is 1. The number of morpholine rings is 1. The van der Waals surface area contributed by atoms with Gasteiger partial charge in [-0.2, -0.15) is 0 Å². The molecule has 1 aliphatic heterocycles. The summed E-state index contributed by atoms with van der Waals surface area (Å²) in [5.74, 6) is 1.72. The Bertz CT molecular complexity index is 978. The van der Waals surface area contributed by atoms with Crippen LogP contribution in [0.1, 0.15) is 17.0 Å². The van der Waals surface area contributed by atoms with Gasteiger partial charge in [-0.15, -0.1) is 10.2 Å². The maximum Gasteiger partial charge on any atom is 0.191 e.